The first-order valence-corrected chi connectivity index (χ1v) is 5.52. The maximum absolute atomic E-state index is 11.3. The van der Waals surface area contributed by atoms with Crippen molar-refractivity contribution in [1.29, 1.82) is 0 Å². The number of hydrogen-bond acceptors (Lipinski definition) is 3. The normalized spacial score (nSPS) is 11.9. The molecule has 5 N–H and O–H groups in total. The SMILES string of the molecule is CC(NC(N)=O)C(=O)NCCCCCCO. The van der Waals surface area contributed by atoms with Gasteiger partial charge < -0.3 is 21.5 Å². The van der Waals surface area contributed by atoms with Gasteiger partial charge in [0, 0.05) is 13.2 Å². The third-order valence-electron chi connectivity index (χ3n) is 2.14. The van der Waals surface area contributed by atoms with Crippen LogP contribution in [0.4, 0.5) is 4.79 Å². The molecule has 0 spiro atoms. The van der Waals surface area contributed by atoms with Gasteiger partial charge in [-0.1, -0.05) is 12.8 Å². The third kappa shape index (κ3) is 8.05. The van der Waals surface area contributed by atoms with Crippen molar-refractivity contribution in [3.05, 3.63) is 0 Å². The average molecular weight is 231 g/mol. The van der Waals surface area contributed by atoms with E-state index in [2.05, 4.69) is 10.6 Å². The molecular formula is C10H21N3O3. The Morgan fingerprint density at radius 2 is 1.88 bits per heavy atom. The van der Waals surface area contributed by atoms with Crippen LogP contribution in [0.1, 0.15) is 32.6 Å². The van der Waals surface area contributed by atoms with Crippen molar-refractivity contribution >= 4 is 11.9 Å². The average Bonchev–Trinajstić information content (AvgIpc) is 2.21. The summed E-state index contributed by atoms with van der Waals surface area (Å²) in [4.78, 5) is 21.8. The second-order valence-corrected chi connectivity index (χ2v) is 3.66. The molecule has 0 saturated heterocycles. The summed E-state index contributed by atoms with van der Waals surface area (Å²) in [7, 11) is 0. The number of carbonyl (C=O) groups is 2. The van der Waals surface area contributed by atoms with Gasteiger partial charge in [0.25, 0.3) is 0 Å². The summed E-state index contributed by atoms with van der Waals surface area (Å²) in [6.07, 6.45) is 3.60. The summed E-state index contributed by atoms with van der Waals surface area (Å²) < 4.78 is 0. The van der Waals surface area contributed by atoms with E-state index in [9.17, 15) is 9.59 Å². The van der Waals surface area contributed by atoms with Gasteiger partial charge in [0.15, 0.2) is 0 Å². The van der Waals surface area contributed by atoms with Crippen molar-refractivity contribution in [3.63, 3.8) is 0 Å². The second-order valence-electron chi connectivity index (χ2n) is 3.66. The van der Waals surface area contributed by atoms with Crippen molar-refractivity contribution < 1.29 is 14.7 Å². The van der Waals surface area contributed by atoms with Crippen LogP contribution in [0.15, 0.2) is 0 Å². The number of aliphatic hydroxyl groups is 1. The first-order chi connectivity index (χ1) is 7.57. The zero-order valence-electron chi connectivity index (χ0n) is 9.66. The second kappa shape index (κ2) is 8.96. The van der Waals surface area contributed by atoms with Crippen LogP contribution >= 0.6 is 0 Å². The van der Waals surface area contributed by atoms with Crippen LogP contribution in [0.3, 0.4) is 0 Å². The molecule has 0 saturated carbocycles. The molecule has 1 unspecified atom stereocenters. The fourth-order valence-electron chi connectivity index (χ4n) is 1.23. The lowest BCUT2D eigenvalue weighted by Gasteiger charge is -2.12. The van der Waals surface area contributed by atoms with Gasteiger partial charge in [-0.05, 0) is 19.8 Å². The van der Waals surface area contributed by atoms with Crippen LogP contribution in [0.5, 0.6) is 0 Å². The highest BCUT2D eigenvalue weighted by atomic mass is 16.3. The Bertz CT molecular complexity index is 221. The molecule has 0 aliphatic rings. The van der Waals surface area contributed by atoms with E-state index in [1.165, 1.54) is 0 Å². The Morgan fingerprint density at radius 3 is 2.44 bits per heavy atom. The summed E-state index contributed by atoms with van der Waals surface area (Å²) in [5.41, 5.74) is 4.89. The van der Waals surface area contributed by atoms with E-state index in [4.69, 9.17) is 10.8 Å². The number of amides is 3. The molecule has 0 bridgehead atoms. The van der Waals surface area contributed by atoms with Crippen LogP contribution in [-0.4, -0.2) is 36.2 Å². The van der Waals surface area contributed by atoms with Crippen LogP contribution < -0.4 is 16.4 Å². The predicted molar refractivity (Wildman–Crippen MR) is 60.7 cm³/mol. The Labute approximate surface area is 95.6 Å². The van der Waals surface area contributed by atoms with Crippen LogP contribution in [0.25, 0.3) is 0 Å². The van der Waals surface area contributed by atoms with Gasteiger partial charge in [-0.3, -0.25) is 4.79 Å². The topological polar surface area (TPSA) is 104 Å². The molecule has 1 atom stereocenters. The largest absolute Gasteiger partial charge is 0.396 e. The number of urea groups is 1. The molecule has 0 fully saturated rings. The Balaban J connectivity index is 3.46. The summed E-state index contributed by atoms with van der Waals surface area (Å²) >= 11 is 0. The highest BCUT2D eigenvalue weighted by Crippen LogP contribution is 1.97. The fraction of sp³-hybridized carbons (Fsp3) is 0.800. The van der Waals surface area contributed by atoms with Gasteiger partial charge in [-0.15, -0.1) is 0 Å². The van der Waals surface area contributed by atoms with Crippen molar-refractivity contribution in [2.75, 3.05) is 13.2 Å². The molecule has 0 aromatic heterocycles. The minimum Gasteiger partial charge on any atom is -0.396 e. The van der Waals surface area contributed by atoms with Crippen LogP contribution in [0.2, 0.25) is 0 Å². The number of primary amides is 1. The van der Waals surface area contributed by atoms with E-state index in [0.29, 0.717) is 6.54 Å². The van der Waals surface area contributed by atoms with E-state index in [-0.39, 0.29) is 12.5 Å². The van der Waals surface area contributed by atoms with Crippen molar-refractivity contribution in [2.45, 2.75) is 38.6 Å². The van der Waals surface area contributed by atoms with E-state index in [1.807, 2.05) is 0 Å². The number of aliphatic hydroxyl groups excluding tert-OH is 1. The van der Waals surface area contributed by atoms with E-state index < -0.39 is 12.1 Å². The smallest absolute Gasteiger partial charge is 0.312 e. The predicted octanol–water partition coefficient (Wildman–Crippen LogP) is -0.288. The molecule has 16 heavy (non-hydrogen) atoms. The quantitative estimate of drug-likeness (QED) is 0.431. The number of carbonyl (C=O) groups excluding carboxylic acids is 2. The number of nitrogens with two attached hydrogens (primary N) is 1. The monoisotopic (exact) mass is 231 g/mol. The zero-order valence-corrected chi connectivity index (χ0v) is 9.66. The molecule has 3 amide bonds. The zero-order chi connectivity index (χ0) is 12.4. The van der Waals surface area contributed by atoms with Gasteiger partial charge in [-0.2, -0.15) is 0 Å². The molecule has 6 heteroatoms. The van der Waals surface area contributed by atoms with E-state index in [0.717, 1.165) is 25.7 Å². The van der Waals surface area contributed by atoms with Crippen molar-refractivity contribution in [2.24, 2.45) is 5.73 Å². The van der Waals surface area contributed by atoms with Gasteiger partial charge >= 0.3 is 6.03 Å². The number of rotatable bonds is 8. The lowest BCUT2D eigenvalue weighted by molar-refractivity contribution is -0.122. The lowest BCUT2D eigenvalue weighted by Crippen LogP contribution is -2.46. The van der Waals surface area contributed by atoms with Gasteiger partial charge in [-0.25, -0.2) is 4.79 Å². The number of hydrogen-bond donors (Lipinski definition) is 4. The molecule has 0 aromatic rings. The van der Waals surface area contributed by atoms with Crippen LogP contribution in [0, 0.1) is 0 Å². The minimum atomic E-state index is -0.703. The molecule has 0 heterocycles. The fourth-order valence-corrected chi connectivity index (χ4v) is 1.23. The maximum Gasteiger partial charge on any atom is 0.312 e. The van der Waals surface area contributed by atoms with Gasteiger partial charge in [0.1, 0.15) is 6.04 Å². The number of nitrogens with one attached hydrogen (secondary N) is 2. The third-order valence-corrected chi connectivity index (χ3v) is 2.14. The lowest BCUT2D eigenvalue weighted by atomic mass is 10.2. The van der Waals surface area contributed by atoms with Gasteiger partial charge in [0.2, 0.25) is 5.91 Å². The Hall–Kier alpha value is -1.30. The standard InChI is InChI=1S/C10H21N3O3/c1-8(13-10(11)16)9(15)12-6-4-2-3-5-7-14/h8,14H,2-7H2,1H3,(H,12,15)(H3,11,13,16). The molecule has 0 aromatic carbocycles. The first kappa shape index (κ1) is 14.7. The number of unbranched alkanes of at least 4 members (excludes halogenated alkanes) is 3. The van der Waals surface area contributed by atoms with Crippen molar-refractivity contribution in [1.82, 2.24) is 10.6 Å². The highest BCUT2D eigenvalue weighted by Gasteiger charge is 2.12. The molecule has 0 aliphatic heterocycles. The summed E-state index contributed by atoms with van der Waals surface area (Å²) in [6, 6.07) is -1.31. The van der Waals surface area contributed by atoms with Crippen LogP contribution in [-0.2, 0) is 4.79 Å². The summed E-state index contributed by atoms with van der Waals surface area (Å²) in [5.74, 6) is -0.235. The summed E-state index contributed by atoms with van der Waals surface area (Å²) in [5, 5.41) is 13.5. The molecule has 0 rings (SSSR count). The Kier molecular flexibility index (Phi) is 8.24. The van der Waals surface area contributed by atoms with Gasteiger partial charge in [0.05, 0.1) is 0 Å². The maximum atomic E-state index is 11.3. The van der Waals surface area contributed by atoms with Crippen molar-refractivity contribution in [3.8, 4) is 0 Å². The van der Waals surface area contributed by atoms with E-state index in [1.54, 1.807) is 6.92 Å². The highest BCUT2D eigenvalue weighted by molar-refractivity contribution is 5.86. The molecular weight excluding hydrogens is 210 g/mol. The minimum absolute atomic E-state index is 0.214. The molecule has 0 radical (unpaired) electrons. The van der Waals surface area contributed by atoms with E-state index >= 15 is 0 Å². The Morgan fingerprint density at radius 1 is 1.25 bits per heavy atom. The molecule has 94 valence electrons. The summed E-state index contributed by atoms with van der Waals surface area (Å²) in [6.45, 7) is 2.37. The molecule has 0 aliphatic carbocycles. The molecule has 6 nitrogen and oxygen atoms in total. The first-order valence-electron chi connectivity index (χ1n) is 5.52.